The van der Waals surface area contributed by atoms with Gasteiger partial charge in [-0.3, -0.25) is 5.10 Å². The quantitative estimate of drug-likeness (QED) is 0.377. The minimum atomic E-state index is -0.338. The third kappa shape index (κ3) is 4.15. The van der Waals surface area contributed by atoms with Crippen LogP contribution in [0.25, 0.3) is 28.1 Å². The van der Waals surface area contributed by atoms with Crippen molar-refractivity contribution < 1.29 is 4.39 Å². The number of aromatic nitrogens is 7. The summed E-state index contributed by atoms with van der Waals surface area (Å²) in [4.78, 5) is 13.3. The number of halogens is 1. The molecule has 0 aliphatic rings. The molecular weight excluding hydrogens is 431 g/mol. The lowest BCUT2D eigenvalue weighted by Gasteiger charge is -2.10. The Morgan fingerprint density at radius 2 is 1.68 bits per heavy atom. The number of hydrogen-bond acceptors (Lipinski definition) is 6. The Morgan fingerprint density at radius 3 is 2.35 bits per heavy atom. The van der Waals surface area contributed by atoms with Crippen molar-refractivity contribution in [2.75, 3.05) is 5.32 Å². The zero-order chi connectivity index (χ0) is 23.8. The highest BCUT2D eigenvalue weighted by Crippen LogP contribution is 2.30. The largest absolute Gasteiger partial charge is 0.324 e. The van der Waals surface area contributed by atoms with E-state index >= 15 is 0 Å². The van der Waals surface area contributed by atoms with Crippen molar-refractivity contribution in [3.8, 4) is 28.1 Å². The van der Waals surface area contributed by atoms with Crippen LogP contribution in [0.2, 0.25) is 0 Å². The summed E-state index contributed by atoms with van der Waals surface area (Å²) in [7, 11) is 0. The van der Waals surface area contributed by atoms with E-state index in [1.54, 1.807) is 16.9 Å². The maximum Gasteiger partial charge on any atom is 0.227 e. The molecule has 3 aromatic heterocycles. The predicted molar refractivity (Wildman–Crippen MR) is 129 cm³/mol. The van der Waals surface area contributed by atoms with E-state index in [9.17, 15) is 4.39 Å². The van der Waals surface area contributed by atoms with Gasteiger partial charge >= 0.3 is 0 Å². The third-order valence-corrected chi connectivity index (χ3v) is 5.51. The van der Waals surface area contributed by atoms with Gasteiger partial charge < -0.3 is 5.32 Å². The Hall–Kier alpha value is -4.40. The van der Waals surface area contributed by atoms with Crippen molar-refractivity contribution in [1.29, 1.82) is 0 Å². The van der Waals surface area contributed by atoms with Gasteiger partial charge in [-0.25, -0.2) is 24.0 Å². The molecular formula is C25H23FN8. The number of H-pyrrole nitrogens is 1. The molecule has 0 bridgehead atoms. The van der Waals surface area contributed by atoms with Gasteiger partial charge in [0.25, 0.3) is 0 Å². The van der Waals surface area contributed by atoms with Crippen LogP contribution in [-0.4, -0.2) is 34.9 Å². The number of nitrogens with zero attached hydrogens (tertiary/aromatic N) is 6. The van der Waals surface area contributed by atoms with Gasteiger partial charge in [0, 0.05) is 28.7 Å². The highest BCUT2D eigenvalue weighted by molar-refractivity contribution is 5.74. The molecule has 2 aromatic carbocycles. The van der Waals surface area contributed by atoms with Crippen molar-refractivity contribution in [1.82, 2.24) is 34.9 Å². The van der Waals surface area contributed by atoms with Crippen LogP contribution in [-0.2, 0) is 0 Å². The highest BCUT2D eigenvalue weighted by Gasteiger charge is 2.13. The number of benzene rings is 2. The van der Waals surface area contributed by atoms with Gasteiger partial charge in [-0.1, -0.05) is 0 Å². The van der Waals surface area contributed by atoms with Crippen molar-refractivity contribution in [3.05, 3.63) is 83.6 Å². The van der Waals surface area contributed by atoms with E-state index < -0.39 is 0 Å². The summed E-state index contributed by atoms with van der Waals surface area (Å²) in [6, 6.07) is 14.4. The standard InChI is InChI=1S/C25H23FN8/c1-14-24(15(2)32-31-14)19-11-18(12-20(26)13-19)23-9-10-27-25(30-23)29-21-5-7-22(8-6-21)34-17(4)28-16(3)33-34/h5-13H,1-4H3,(H,31,32)(H,27,29,30). The molecule has 0 radical (unpaired) electrons. The summed E-state index contributed by atoms with van der Waals surface area (Å²) in [6.07, 6.45) is 1.65. The average molecular weight is 455 g/mol. The van der Waals surface area contributed by atoms with Gasteiger partial charge in [-0.2, -0.15) is 10.2 Å². The van der Waals surface area contributed by atoms with Crippen LogP contribution in [0.3, 0.4) is 0 Å². The Bertz CT molecular complexity index is 1460. The molecule has 5 rings (SSSR count). The molecule has 0 fully saturated rings. The van der Waals surface area contributed by atoms with Crippen LogP contribution in [0.15, 0.2) is 54.7 Å². The summed E-state index contributed by atoms with van der Waals surface area (Å²) < 4.78 is 16.3. The number of rotatable bonds is 5. The van der Waals surface area contributed by atoms with Gasteiger partial charge in [-0.15, -0.1) is 0 Å². The Kier molecular flexibility index (Phi) is 5.37. The predicted octanol–water partition coefficient (Wildman–Crippen LogP) is 5.23. The van der Waals surface area contributed by atoms with E-state index in [1.165, 1.54) is 12.1 Å². The second-order valence-electron chi connectivity index (χ2n) is 8.09. The lowest BCUT2D eigenvalue weighted by atomic mass is 10.00. The molecule has 3 heterocycles. The van der Waals surface area contributed by atoms with Crippen LogP contribution in [0.5, 0.6) is 0 Å². The second kappa shape index (κ2) is 8.51. The van der Waals surface area contributed by atoms with Gasteiger partial charge in [0.2, 0.25) is 5.95 Å². The second-order valence-corrected chi connectivity index (χ2v) is 8.09. The zero-order valence-electron chi connectivity index (χ0n) is 19.3. The average Bonchev–Trinajstić information content (AvgIpc) is 3.33. The van der Waals surface area contributed by atoms with Crippen LogP contribution in [0.4, 0.5) is 16.0 Å². The molecule has 0 atom stereocenters. The number of nitrogens with one attached hydrogen (secondary N) is 2. The first-order valence-electron chi connectivity index (χ1n) is 10.8. The first kappa shape index (κ1) is 21.4. The Morgan fingerprint density at radius 1 is 0.912 bits per heavy atom. The van der Waals surface area contributed by atoms with Crippen molar-refractivity contribution in [3.63, 3.8) is 0 Å². The van der Waals surface area contributed by atoms with Crippen LogP contribution in [0.1, 0.15) is 23.0 Å². The minimum absolute atomic E-state index is 0.338. The van der Waals surface area contributed by atoms with E-state index in [4.69, 9.17) is 0 Å². The number of anilines is 2. The van der Waals surface area contributed by atoms with Crippen LogP contribution >= 0.6 is 0 Å². The molecule has 5 aromatic rings. The van der Waals surface area contributed by atoms with Crippen LogP contribution < -0.4 is 5.32 Å². The first-order valence-corrected chi connectivity index (χ1v) is 10.8. The third-order valence-electron chi connectivity index (χ3n) is 5.51. The van der Waals surface area contributed by atoms with Gasteiger partial charge in [0.1, 0.15) is 17.5 Å². The van der Waals surface area contributed by atoms with E-state index in [2.05, 4.69) is 35.6 Å². The highest BCUT2D eigenvalue weighted by atomic mass is 19.1. The SMILES string of the molecule is Cc1nc(C)n(-c2ccc(Nc3nccc(-c4cc(F)cc(-c5c(C)n[nH]c5C)c4)n3)cc2)n1. The van der Waals surface area contributed by atoms with E-state index in [-0.39, 0.29) is 5.82 Å². The molecule has 2 N–H and O–H groups in total. The molecule has 0 aliphatic heterocycles. The van der Waals surface area contributed by atoms with Crippen molar-refractivity contribution >= 4 is 11.6 Å². The summed E-state index contributed by atoms with van der Waals surface area (Å²) in [5.74, 6) is 1.63. The topological polar surface area (TPSA) is 97.2 Å². The Labute approximate surface area is 195 Å². The molecule has 34 heavy (non-hydrogen) atoms. The number of hydrogen-bond donors (Lipinski definition) is 2. The number of aromatic amines is 1. The fourth-order valence-electron chi connectivity index (χ4n) is 4.02. The first-order chi connectivity index (χ1) is 16.4. The molecule has 9 heteroatoms. The minimum Gasteiger partial charge on any atom is -0.324 e. The molecule has 0 spiro atoms. The molecule has 0 saturated heterocycles. The molecule has 0 amide bonds. The van der Waals surface area contributed by atoms with Crippen molar-refractivity contribution in [2.45, 2.75) is 27.7 Å². The number of aryl methyl sites for hydroxylation is 4. The Balaban J connectivity index is 1.42. The smallest absolute Gasteiger partial charge is 0.227 e. The fourth-order valence-corrected chi connectivity index (χ4v) is 4.02. The summed E-state index contributed by atoms with van der Waals surface area (Å²) >= 11 is 0. The molecule has 0 unspecified atom stereocenters. The monoisotopic (exact) mass is 454 g/mol. The molecule has 8 nitrogen and oxygen atoms in total. The normalized spacial score (nSPS) is 11.1. The maximum atomic E-state index is 14.5. The molecule has 0 aliphatic carbocycles. The van der Waals surface area contributed by atoms with Gasteiger partial charge in [0.05, 0.1) is 17.1 Å². The van der Waals surface area contributed by atoms with Gasteiger partial charge in [-0.05, 0) is 81.8 Å². The lowest BCUT2D eigenvalue weighted by Crippen LogP contribution is -2.01. The summed E-state index contributed by atoms with van der Waals surface area (Å²) in [6.45, 7) is 7.59. The van der Waals surface area contributed by atoms with E-state index in [0.717, 1.165) is 45.5 Å². The maximum absolute atomic E-state index is 14.5. The van der Waals surface area contributed by atoms with E-state index in [0.29, 0.717) is 17.2 Å². The summed E-state index contributed by atoms with van der Waals surface area (Å²) in [5.41, 5.74) is 6.36. The fraction of sp³-hybridized carbons (Fsp3) is 0.160. The summed E-state index contributed by atoms with van der Waals surface area (Å²) in [5, 5.41) is 14.8. The van der Waals surface area contributed by atoms with Crippen LogP contribution in [0, 0.1) is 33.5 Å². The lowest BCUT2D eigenvalue weighted by molar-refractivity contribution is 0.628. The zero-order valence-corrected chi connectivity index (χ0v) is 19.3. The van der Waals surface area contributed by atoms with Crippen molar-refractivity contribution in [2.24, 2.45) is 0 Å². The molecule has 170 valence electrons. The van der Waals surface area contributed by atoms with E-state index in [1.807, 2.05) is 58.0 Å². The van der Waals surface area contributed by atoms with Gasteiger partial charge in [0.15, 0.2) is 0 Å². The molecule has 0 saturated carbocycles.